The van der Waals surface area contributed by atoms with E-state index in [-0.39, 0.29) is 0 Å². The first-order chi connectivity index (χ1) is 3.62. The van der Waals surface area contributed by atoms with Gasteiger partial charge in [0.25, 0.3) is 0 Å². The predicted molar refractivity (Wildman–Crippen MR) is 37.6 cm³/mol. The van der Waals surface area contributed by atoms with Gasteiger partial charge in [-0.05, 0) is 23.5 Å². The van der Waals surface area contributed by atoms with Crippen molar-refractivity contribution in [2.24, 2.45) is 0 Å². The Morgan fingerprint density at radius 2 is 2.00 bits per heavy atom. The number of hydrogen-bond donors (Lipinski definition) is 0. The van der Waals surface area contributed by atoms with E-state index in [2.05, 4.69) is 0 Å². The SMILES string of the molecule is CCCS(=O)(=O)SC. The smallest absolute Gasteiger partial charge is 0.201 e. The van der Waals surface area contributed by atoms with Gasteiger partial charge in [0.15, 0.2) is 0 Å². The topological polar surface area (TPSA) is 34.1 Å². The molecule has 0 N–H and O–H groups in total. The fraction of sp³-hybridized carbons (Fsp3) is 1.00. The minimum Gasteiger partial charge on any atom is -0.217 e. The average molecular weight is 154 g/mol. The van der Waals surface area contributed by atoms with E-state index in [0.717, 1.165) is 10.8 Å². The summed E-state index contributed by atoms with van der Waals surface area (Å²) in [5.74, 6) is 0.300. The highest BCUT2D eigenvalue weighted by Crippen LogP contribution is 2.07. The fourth-order valence-electron chi connectivity index (χ4n) is 0.333. The molecule has 0 aromatic rings. The molecule has 0 aromatic heterocycles. The van der Waals surface area contributed by atoms with Crippen molar-refractivity contribution < 1.29 is 8.42 Å². The van der Waals surface area contributed by atoms with Crippen LogP contribution in [-0.4, -0.2) is 20.4 Å². The van der Waals surface area contributed by atoms with Gasteiger partial charge in [0.2, 0.25) is 8.87 Å². The number of rotatable bonds is 3. The maximum Gasteiger partial charge on any atom is 0.201 e. The standard InChI is InChI=1S/C4H10O2S2/c1-3-4-8(5,6)7-2/h3-4H2,1-2H3. The van der Waals surface area contributed by atoms with E-state index in [0.29, 0.717) is 12.2 Å². The molecule has 0 amide bonds. The van der Waals surface area contributed by atoms with Gasteiger partial charge >= 0.3 is 0 Å². The molecule has 0 saturated carbocycles. The highest BCUT2D eigenvalue weighted by molar-refractivity contribution is 8.71. The minimum atomic E-state index is -2.75. The van der Waals surface area contributed by atoms with E-state index in [9.17, 15) is 8.42 Å². The van der Waals surface area contributed by atoms with Crippen molar-refractivity contribution >= 4 is 19.7 Å². The van der Waals surface area contributed by atoms with Crippen LogP contribution < -0.4 is 0 Å². The van der Waals surface area contributed by atoms with E-state index < -0.39 is 8.87 Å². The van der Waals surface area contributed by atoms with Crippen molar-refractivity contribution in [1.29, 1.82) is 0 Å². The van der Waals surface area contributed by atoms with Gasteiger partial charge in [-0.2, -0.15) is 0 Å². The molecule has 4 heteroatoms. The van der Waals surface area contributed by atoms with Crippen LogP contribution >= 0.6 is 10.8 Å². The first-order valence-corrected chi connectivity index (χ1v) is 5.80. The Bertz CT molecular complexity index is 136. The molecule has 0 spiro atoms. The molecule has 0 aliphatic heterocycles. The third-order valence-electron chi connectivity index (χ3n) is 0.708. The van der Waals surface area contributed by atoms with E-state index in [1.807, 2.05) is 6.92 Å². The van der Waals surface area contributed by atoms with Gasteiger partial charge in [-0.1, -0.05) is 6.92 Å². The first-order valence-electron chi connectivity index (χ1n) is 2.40. The van der Waals surface area contributed by atoms with Crippen molar-refractivity contribution in [3.63, 3.8) is 0 Å². The molecule has 0 heterocycles. The molecular weight excluding hydrogens is 144 g/mol. The molecular formula is C4H10O2S2. The zero-order valence-corrected chi connectivity index (χ0v) is 6.68. The average Bonchev–Trinajstić information content (AvgIpc) is 1.67. The molecule has 0 rings (SSSR count). The Balaban J connectivity index is 3.76. The van der Waals surface area contributed by atoms with Crippen LogP contribution in [-0.2, 0) is 8.87 Å². The van der Waals surface area contributed by atoms with Crippen LogP contribution in [0, 0.1) is 0 Å². The monoisotopic (exact) mass is 154 g/mol. The van der Waals surface area contributed by atoms with E-state index in [1.165, 1.54) is 0 Å². The summed E-state index contributed by atoms with van der Waals surface area (Å²) in [6.07, 6.45) is 2.30. The molecule has 8 heavy (non-hydrogen) atoms. The molecule has 0 atom stereocenters. The van der Waals surface area contributed by atoms with Crippen molar-refractivity contribution in [3.8, 4) is 0 Å². The molecule has 0 aliphatic carbocycles. The predicted octanol–water partition coefficient (Wildman–Crippen LogP) is 1.09. The summed E-state index contributed by atoms with van der Waals surface area (Å²) in [7, 11) is -1.83. The van der Waals surface area contributed by atoms with Gasteiger partial charge in [-0.15, -0.1) is 0 Å². The maximum absolute atomic E-state index is 10.6. The van der Waals surface area contributed by atoms with Crippen molar-refractivity contribution in [2.75, 3.05) is 12.0 Å². The molecule has 2 nitrogen and oxygen atoms in total. The van der Waals surface area contributed by atoms with Crippen molar-refractivity contribution in [1.82, 2.24) is 0 Å². The Kier molecular flexibility index (Phi) is 3.48. The highest BCUT2D eigenvalue weighted by Gasteiger charge is 2.03. The Morgan fingerprint density at radius 1 is 1.50 bits per heavy atom. The lowest BCUT2D eigenvalue weighted by atomic mass is 10.6. The van der Waals surface area contributed by atoms with Crippen LogP contribution in [0.5, 0.6) is 0 Å². The van der Waals surface area contributed by atoms with E-state index in [1.54, 1.807) is 6.26 Å². The summed E-state index contributed by atoms with van der Waals surface area (Å²) in [5.41, 5.74) is 0. The van der Waals surface area contributed by atoms with Crippen LogP contribution in [0.2, 0.25) is 0 Å². The third kappa shape index (κ3) is 3.32. The second-order valence-electron chi connectivity index (χ2n) is 1.43. The third-order valence-corrected chi connectivity index (χ3v) is 4.15. The molecule has 0 radical (unpaired) electrons. The second-order valence-corrected chi connectivity index (χ2v) is 5.81. The summed E-state index contributed by atoms with van der Waals surface area (Å²) >= 11 is 0. The molecule has 0 bridgehead atoms. The van der Waals surface area contributed by atoms with Crippen LogP contribution in [0.3, 0.4) is 0 Å². The van der Waals surface area contributed by atoms with Gasteiger partial charge < -0.3 is 0 Å². The fourth-order valence-corrected chi connectivity index (χ4v) is 2.00. The van der Waals surface area contributed by atoms with E-state index >= 15 is 0 Å². The minimum absolute atomic E-state index is 0.300. The zero-order chi connectivity index (χ0) is 6.62. The summed E-state index contributed by atoms with van der Waals surface area (Å²) in [6.45, 7) is 1.85. The summed E-state index contributed by atoms with van der Waals surface area (Å²) < 4.78 is 21.1. The summed E-state index contributed by atoms with van der Waals surface area (Å²) in [4.78, 5) is 0. The maximum atomic E-state index is 10.6. The molecule has 0 saturated heterocycles. The lowest BCUT2D eigenvalue weighted by Gasteiger charge is -1.92. The quantitative estimate of drug-likeness (QED) is 0.571. The largest absolute Gasteiger partial charge is 0.217 e. The van der Waals surface area contributed by atoms with Gasteiger partial charge in [0.05, 0.1) is 5.75 Å². The van der Waals surface area contributed by atoms with Gasteiger partial charge in [0, 0.05) is 0 Å². The Hall–Kier alpha value is 0.300. The Morgan fingerprint density at radius 3 is 2.12 bits per heavy atom. The van der Waals surface area contributed by atoms with Gasteiger partial charge in [0.1, 0.15) is 0 Å². The molecule has 0 fully saturated rings. The van der Waals surface area contributed by atoms with Crippen LogP contribution in [0.1, 0.15) is 13.3 Å². The number of hydrogen-bond acceptors (Lipinski definition) is 3. The van der Waals surface area contributed by atoms with Crippen LogP contribution in [0.25, 0.3) is 0 Å². The second kappa shape index (κ2) is 3.35. The molecule has 0 aliphatic rings. The van der Waals surface area contributed by atoms with Gasteiger partial charge in [-0.25, -0.2) is 8.42 Å². The normalized spacial score (nSPS) is 11.8. The molecule has 0 aromatic carbocycles. The van der Waals surface area contributed by atoms with E-state index in [4.69, 9.17) is 0 Å². The highest BCUT2D eigenvalue weighted by atomic mass is 33.1. The Labute approximate surface area is 54.0 Å². The molecule has 0 unspecified atom stereocenters. The lowest BCUT2D eigenvalue weighted by molar-refractivity contribution is 0.609. The van der Waals surface area contributed by atoms with Gasteiger partial charge in [-0.3, -0.25) is 0 Å². The van der Waals surface area contributed by atoms with Crippen LogP contribution in [0.15, 0.2) is 0 Å². The first kappa shape index (κ1) is 8.30. The molecule has 50 valence electrons. The summed E-state index contributed by atoms with van der Waals surface area (Å²) in [6, 6.07) is 0. The zero-order valence-electron chi connectivity index (χ0n) is 5.05. The van der Waals surface area contributed by atoms with Crippen LogP contribution in [0.4, 0.5) is 0 Å². The summed E-state index contributed by atoms with van der Waals surface area (Å²) in [5, 5.41) is 0. The lowest BCUT2D eigenvalue weighted by Crippen LogP contribution is -1.97. The van der Waals surface area contributed by atoms with Crippen molar-refractivity contribution in [3.05, 3.63) is 0 Å². The van der Waals surface area contributed by atoms with Crippen molar-refractivity contribution in [2.45, 2.75) is 13.3 Å².